The van der Waals surface area contributed by atoms with Crippen LogP contribution in [-0.2, 0) is 10.9 Å². The Morgan fingerprint density at radius 1 is 0.972 bits per heavy atom. The quantitative estimate of drug-likeness (QED) is 0.420. The average Bonchev–Trinajstić information content (AvgIpc) is 2.87. The number of ether oxygens (including phenoxy) is 1. The van der Waals surface area contributed by atoms with Crippen LogP contribution in [0, 0.1) is 13.8 Å². The van der Waals surface area contributed by atoms with Crippen molar-refractivity contribution < 1.29 is 17.9 Å². The lowest BCUT2D eigenvalue weighted by Crippen LogP contribution is -2.49. The molecule has 8 heteroatoms. The van der Waals surface area contributed by atoms with E-state index in [1.165, 1.54) is 24.2 Å². The number of rotatable bonds is 6. The second kappa shape index (κ2) is 11.4. The lowest BCUT2D eigenvalue weighted by Gasteiger charge is -2.38. The first kappa shape index (κ1) is 26.7. The maximum Gasteiger partial charge on any atom is 0.416 e. The standard InChI is InChI=1S/C28H36F3N3OS/c1-20-4-7-23(8-5-20)33-14-16-34(17-15-33)27(36)19-35-25-12-10-22(11-13-25)32(3)24-9-6-21(2)26(18-24)28(29,30)31/h4-9,18,22,25H,10-17,19H2,1-3H3. The van der Waals surface area contributed by atoms with Crippen molar-refractivity contribution >= 4 is 28.6 Å². The Kier molecular flexibility index (Phi) is 8.45. The predicted molar refractivity (Wildman–Crippen MR) is 144 cm³/mol. The Bertz CT molecular complexity index is 1030. The van der Waals surface area contributed by atoms with Crippen LogP contribution < -0.4 is 9.80 Å². The zero-order chi connectivity index (χ0) is 25.9. The fourth-order valence-corrected chi connectivity index (χ4v) is 5.45. The lowest BCUT2D eigenvalue weighted by atomic mass is 9.91. The van der Waals surface area contributed by atoms with E-state index in [9.17, 15) is 13.2 Å². The number of thiocarbonyl (C=S) groups is 1. The van der Waals surface area contributed by atoms with Gasteiger partial charge < -0.3 is 19.4 Å². The van der Waals surface area contributed by atoms with Crippen LogP contribution in [0.2, 0.25) is 0 Å². The highest BCUT2D eigenvalue weighted by Gasteiger charge is 2.33. The van der Waals surface area contributed by atoms with Crippen LogP contribution in [-0.4, -0.2) is 61.9 Å². The number of benzene rings is 2. The molecule has 0 aromatic heterocycles. The van der Waals surface area contributed by atoms with Gasteiger partial charge in [-0.1, -0.05) is 36.0 Å². The van der Waals surface area contributed by atoms with E-state index in [0.717, 1.165) is 56.9 Å². The van der Waals surface area contributed by atoms with Crippen molar-refractivity contribution in [3.63, 3.8) is 0 Å². The highest BCUT2D eigenvalue weighted by Crippen LogP contribution is 2.36. The molecule has 0 unspecified atom stereocenters. The molecule has 2 aromatic rings. The second-order valence-electron chi connectivity index (χ2n) is 10.1. The highest BCUT2D eigenvalue weighted by molar-refractivity contribution is 7.80. The van der Waals surface area contributed by atoms with E-state index in [1.54, 1.807) is 12.1 Å². The molecule has 0 radical (unpaired) electrons. The molecule has 1 aliphatic heterocycles. The maximum absolute atomic E-state index is 13.3. The molecule has 4 nitrogen and oxygen atoms in total. The van der Waals surface area contributed by atoms with E-state index >= 15 is 0 Å². The Labute approximate surface area is 218 Å². The molecule has 1 saturated heterocycles. The van der Waals surface area contributed by atoms with Crippen molar-refractivity contribution in [3.05, 3.63) is 59.2 Å². The zero-order valence-corrected chi connectivity index (χ0v) is 22.2. The molecule has 1 saturated carbocycles. The Morgan fingerprint density at radius 3 is 2.22 bits per heavy atom. The third-order valence-corrected chi connectivity index (χ3v) is 7.98. The first-order chi connectivity index (χ1) is 17.1. The van der Waals surface area contributed by atoms with Crippen LogP contribution >= 0.6 is 12.2 Å². The van der Waals surface area contributed by atoms with Gasteiger partial charge in [-0.3, -0.25) is 0 Å². The minimum atomic E-state index is -4.34. The maximum atomic E-state index is 13.3. The molecule has 0 bridgehead atoms. The summed E-state index contributed by atoms with van der Waals surface area (Å²) in [5.41, 5.74) is 2.83. The fourth-order valence-electron chi connectivity index (χ4n) is 5.19. The molecule has 0 atom stereocenters. The molecule has 196 valence electrons. The molecular formula is C28H36F3N3OS. The van der Waals surface area contributed by atoms with Crippen molar-refractivity contribution in [1.82, 2.24) is 4.90 Å². The topological polar surface area (TPSA) is 19.0 Å². The molecule has 2 aromatic carbocycles. The van der Waals surface area contributed by atoms with Gasteiger partial charge in [-0.25, -0.2) is 0 Å². The van der Waals surface area contributed by atoms with Gasteiger partial charge in [0.1, 0.15) is 4.99 Å². The molecule has 2 aliphatic rings. The smallest absolute Gasteiger partial charge is 0.372 e. The first-order valence-corrected chi connectivity index (χ1v) is 13.1. The summed E-state index contributed by atoms with van der Waals surface area (Å²) in [7, 11) is 1.89. The molecule has 4 rings (SSSR count). The SMILES string of the molecule is Cc1ccc(N2CCN(C(=S)COC3CCC(N(C)c4ccc(C)c(C(F)(F)F)c4)CC3)CC2)cc1. The summed E-state index contributed by atoms with van der Waals surface area (Å²) in [5.74, 6) is 0. The van der Waals surface area contributed by atoms with Crippen LogP contribution in [0.5, 0.6) is 0 Å². The van der Waals surface area contributed by atoms with E-state index in [-0.39, 0.29) is 17.7 Å². The van der Waals surface area contributed by atoms with Gasteiger partial charge in [0, 0.05) is 50.6 Å². The molecule has 0 spiro atoms. The molecule has 1 aliphatic carbocycles. The van der Waals surface area contributed by atoms with Crippen molar-refractivity contribution in [3.8, 4) is 0 Å². The van der Waals surface area contributed by atoms with Gasteiger partial charge in [0.05, 0.1) is 18.3 Å². The summed E-state index contributed by atoms with van der Waals surface area (Å²) in [5, 5.41) is 0. The number of hydrogen-bond acceptors (Lipinski definition) is 4. The number of anilines is 2. The number of nitrogens with zero attached hydrogens (tertiary/aromatic N) is 3. The van der Waals surface area contributed by atoms with Crippen LogP contribution in [0.25, 0.3) is 0 Å². The molecule has 36 heavy (non-hydrogen) atoms. The van der Waals surface area contributed by atoms with Gasteiger partial charge in [0.25, 0.3) is 0 Å². The number of hydrogen-bond donors (Lipinski definition) is 0. The van der Waals surface area contributed by atoms with E-state index in [1.807, 2.05) is 11.9 Å². The van der Waals surface area contributed by atoms with Crippen molar-refractivity contribution in [2.24, 2.45) is 0 Å². The molecule has 0 N–H and O–H groups in total. The van der Waals surface area contributed by atoms with Crippen LogP contribution in [0.4, 0.5) is 24.5 Å². The average molecular weight is 520 g/mol. The third kappa shape index (κ3) is 6.51. The van der Waals surface area contributed by atoms with Gasteiger partial charge in [0.2, 0.25) is 0 Å². The minimum absolute atomic E-state index is 0.144. The Morgan fingerprint density at radius 2 is 1.61 bits per heavy atom. The molecule has 1 heterocycles. The number of piperazine rings is 1. The zero-order valence-electron chi connectivity index (χ0n) is 21.4. The molecule has 2 fully saturated rings. The van der Waals surface area contributed by atoms with E-state index < -0.39 is 11.7 Å². The summed E-state index contributed by atoms with van der Waals surface area (Å²) in [6, 6.07) is 13.5. The summed E-state index contributed by atoms with van der Waals surface area (Å²) in [6.45, 7) is 7.73. The Hall–Kier alpha value is -2.32. The van der Waals surface area contributed by atoms with Gasteiger partial charge in [-0.2, -0.15) is 13.2 Å². The van der Waals surface area contributed by atoms with Crippen molar-refractivity contribution in [2.45, 2.75) is 57.9 Å². The van der Waals surface area contributed by atoms with E-state index in [2.05, 4.69) is 41.0 Å². The summed E-state index contributed by atoms with van der Waals surface area (Å²) >= 11 is 5.68. The summed E-state index contributed by atoms with van der Waals surface area (Å²) < 4.78 is 46.2. The van der Waals surface area contributed by atoms with Gasteiger partial charge >= 0.3 is 6.18 Å². The van der Waals surface area contributed by atoms with E-state index in [4.69, 9.17) is 17.0 Å². The normalized spacial score (nSPS) is 20.9. The second-order valence-corrected chi connectivity index (χ2v) is 10.5. The van der Waals surface area contributed by atoms with Crippen molar-refractivity contribution in [2.75, 3.05) is 49.6 Å². The third-order valence-electron chi connectivity index (χ3n) is 7.60. The van der Waals surface area contributed by atoms with Crippen molar-refractivity contribution in [1.29, 1.82) is 0 Å². The Balaban J connectivity index is 1.21. The predicted octanol–water partition coefficient (Wildman–Crippen LogP) is 6.24. The number of aryl methyl sites for hydroxylation is 2. The highest BCUT2D eigenvalue weighted by atomic mass is 32.1. The first-order valence-electron chi connectivity index (χ1n) is 12.7. The fraction of sp³-hybridized carbons (Fsp3) is 0.536. The minimum Gasteiger partial charge on any atom is -0.372 e. The van der Waals surface area contributed by atoms with E-state index in [0.29, 0.717) is 12.3 Å². The molecule has 0 amide bonds. The summed E-state index contributed by atoms with van der Waals surface area (Å²) in [6.07, 6.45) is -0.645. The molecular weight excluding hydrogens is 483 g/mol. The van der Waals surface area contributed by atoms with Crippen LogP contribution in [0.1, 0.15) is 42.4 Å². The number of alkyl halides is 3. The monoisotopic (exact) mass is 519 g/mol. The number of halogens is 3. The largest absolute Gasteiger partial charge is 0.416 e. The van der Waals surface area contributed by atoms with Crippen LogP contribution in [0.3, 0.4) is 0 Å². The van der Waals surface area contributed by atoms with Gasteiger partial charge in [-0.15, -0.1) is 0 Å². The summed E-state index contributed by atoms with van der Waals surface area (Å²) in [4.78, 5) is 7.48. The van der Waals surface area contributed by atoms with Crippen LogP contribution in [0.15, 0.2) is 42.5 Å². The van der Waals surface area contributed by atoms with Gasteiger partial charge in [0.15, 0.2) is 0 Å². The lowest BCUT2D eigenvalue weighted by molar-refractivity contribution is -0.138. The van der Waals surface area contributed by atoms with Gasteiger partial charge in [-0.05, 0) is 69.4 Å².